The Morgan fingerprint density at radius 2 is 2.21 bits per heavy atom. The standard InChI is InChI=1S/C13H8BrNO3S/c1-6-15-9(5-19-6)8-4-18-13-7(12(8)17)2-3-10(16)11(13)14/h2-5,16H,1H3. The molecule has 3 rings (SSSR count). The fourth-order valence-corrected chi connectivity index (χ4v) is 2.87. The van der Waals surface area contributed by atoms with Gasteiger partial charge in [-0.2, -0.15) is 0 Å². The first-order valence-corrected chi connectivity index (χ1v) is 7.10. The second-order valence-corrected chi connectivity index (χ2v) is 5.86. The average molecular weight is 338 g/mol. The predicted octanol–water partition coefficient (Wildman–Crippen LogP) is 3.69. The molecule has 3 aromatic rings. The van der Waals surface area contributed by atoms with E-state index in [0.717, 1.165) is 5.01 Å². The molecule has 0 saturated heterocycles. The van der Waals surface area contributed by atoms with Crippen LogP contribution >= 0.6 is 27.3 Å². The number of aromatic nitrogens is 1. The van der Waals surface area contributed by atoms with Gasteiger partial charge >= 0.3 is 0 Å². The topological polar surface area (TPSA) is 63.3 Å². The van der Waals surface area contributed by atoms with Gasteiger partial charge in [-0.25, -0.2) is 4.98 Å². The van der Waals surface area contributed by atoms with E-state index >= 15 is 0 Å². The Hall–Kier alpha value is -1.66. The molecule has 2 aromatic heterocycles. The van der Waals surface area contributed by atoms with Gasteiger partial charge in [0.2, 0.25) is 5.43 Å². The van der Waals surface area contributed by atoms with Crippen molar-refractivity contribution < 1.29 is 9.52 Å². The van der Waals surface area contributed by atoms with Crippen LogP contribution in [0.1, 0.15) is 5.01 Å². The molecule has 0 aliphatic carbocycles. The molecule has 0 aliphatic rings. The van der Waals surface area contributed by atoms with E-state index in [1.54, 1.807) is 6.07 Å². The molecule has 0 bridgehead atoms. The van der Waals surface area contributed by atoms with Gasteiger partial charge in [0, 0.05) is 5.38 Å². The lowest BCUT2D eigenvalue weighted by Crippen LogP contribution is -2.05. The third kappa shape index (κ3) is 1.97. The Kier molecular flexibility index (Phi) is 2.91. The van der Waals surface area contributed by atoms with Crippen LogP contribution in [0.25, 0.3) is 22.2 Å². The van der Waals surface area contributed by atoms with Crippen LogP contribution in [-0.4, -0.2) is 10.1 Å². The lowest BCUT2D eigenvalue weighted by atomic mass is 10.1. The van der Waals surface area contributed by atoms with E-state index in [2.05, 4.69) is 20.9 Å². The van der Waals surface area contributed by atoms with E-state index in [4.69, 9.17) is 4.42 Å². The molecule has 2 heterocycles. The summed E-state index contributed by atoms with van der Waals surface area (Å²) in [5.74, 6) is 0.0351. The maximum Gasteiger partial charge on any atom is 0.202 e. The van der Waals surface area contributed by atoms with Crippen molar-refractivity contribution in [2.45, 2.75) is 6.92 Å². The average Bonchev–Trinajstić information content (AvgIpc) is 2.81. The van der Waals surface area contributed by atoms with E-state index in [1.807, 2.05) is 12.3 Å². The molecule has 0 aliphatic heterocycles. The van der Waals surface area contributed by atoms with Gasteiger partial charge < -0.3 is 9.52 Å². The lowest BCUT2D eigenvalue weighted by Gasteiger charge is -2.03. The third-order valence-electron chi connectivity index (χ3n) is 2.76. The molecular weight excluding hydrogens is 330 g/mol. The fraction of sp³-hybridized carbons (Fsp3) is 0.0769. The van der Waals surface area contributed by atoms with Crippen LogP contribution in [0.4, 0.5) is 0 Å². The molecule has 96 valence electrons. The van der Waals surface area contributed by atoms with Crippen molar-refractivity contribution in [3.63, 3.8) is 0 Å². The number of fused-ring (bicyclic) bond motifs is 1. The SMILES string of the molecule is Cc1nc(-c2coc3c(Br)c(O)ccc3c2=O)cs1. The van der Waals surface area contributed by atoms with Crippen LogP contribution in [0.2, 0.25) is 0 Å². The van der Waals surface area contributed by atoms with Crippen molar-refractivity contribution in [3.05, 3.63) is 43.5 Å². The maximum absolute atomic E-state index is 12.4. The number of halogens is 1. The zero-order valence-corrected chi connectivity index (χ0v) is 12.2. The van der Waals surface area contributed by atoms with Crippen LogP contribution in [0, 0.1) is 6.92 Å². The highest BCUT2D eigenvalue weighted by Gasteiger charge is 2.14. The Bertz CT molecular complexity index is 838. The molecule has 0 spiro atoms. The molecule has 0 saturated carbocycles. The van der Waals surface area contributed by atoms with E-state index in [9.17, 15) is 9.90 Å². The summed E-state index contributed by atoms with van der Waals surface area (Å²) in [5.41, 5.74) is 1.21. The highest BCUT2D eigenvalue weighted by atomic mass is 79.9. The first kappa shape index (κ1) is 12.4. The molecule has 1 N–H and O–H groups in total. The maximum atomic E-state index is 12.4. The Morgan fingerprint density at radius 1 is 1.42 bits per heavy atom. The molecule has 0 radical (unpaired) electrons. The van der Waals surface area contributed by atoms with Crippen LogP contribution in [-0.2, 0) is 0 Å². The second-order valence-electron chi connectivity index (χ2n) is 4.01. The van der Waals surface area contributed by atoms with Crippen LogP contribution in [0.5, 0.6) is 5.75 Å². The van der Waals surface area contributed by atoms with Gasteiger partial charge in [0.15, 0.2) is 5.58 Å². The van der Waals surface area contributed by atoms with E-state index < -0.39 is 0 Å². The normalized spacial score (nSPS) is 11.1. The predicted molar refractivity (Wildman–Crippen MR) is 77.7 cm³/mol. The van der Waals surface area contributed by atoms with Gasteiger partial charge in [-0.3, -0.25) is 4.79 Å². The molecule has 0 fully saturated rings. The number of thiazole rings is 1. The van der Waals surface area contributed by atoms with E-state index in [0.29, 0.717) is 26.7 Å². The zero-order chi connectivity index (χ0) is 13.6. The van der Waals surface area contributed by atoms with Crippen LogP contribution in [0.15, 0.2) is 37.5 Å². The summed E-state index contributed by atoms with van der Waals surface area (Å²) >= 11 is 4.68. The van der Waals surface area contributed by atoms with Crippen molar-refractivity contribution in [3.8, 4) is 17.0 Å². The quantitative estimate of drug-likeness (QED) is 0.735. The van der Waals surface area contributed by atoms with Crippen LogP contribution in [0.3, 0.4) is 0 Å². The lowest BCUT2D eigenvalue weighted by molar-refractivity contribution is 0.470. The van der Waals surface area contributed by atoms with Gasteiger partial charge in [-0.1, -0.05) is 0 Å². The second kappa shape index (κ2) is 4.47. The molecule has 0 unspecified atom stereocenters. The highest BCUT2D eigenvalue weighted by Crippen LogP contribution is 2.32. The minimum absolute atomic E-state index is 0.0351. The van der Waals surface area contributed by atoms with Crippen molar-refractivity contribution in [2.75, 3.05) is 0 Å². The number of phenols is 1. The summed E-state index contributed by atoms with van der Waals surface area (Å²) in [5, 5.41) is 12.7. The monoisotopic (exact) mass is 337 g/mol. The number of benzene rings is 1. The minimum atomic E-state index is -0.160. The van der Waals surface area contributed by atoms with Crippen molar-refractivity contribution in [1.29, 1.82) is 0 Å². The molecule has 19 heavy (non-hydrogen) atoms. The minimum Gasteiger partial charge on any atom is -0.507 e. The van der Waals surface area contributed by atoms with Gasteiger partial charge in [-0.15, -0.1) is 11.3 Å². The number of hydrogen-bond acceptors (Lipinski definition) is 5. The van der Waals surface area contributed by atoms with Crippen LogP contribution < -0.4 is 5.43 Å². The zero-order valence-electron chi connectivity index (χ0n) is 9.81. The summed E-state index contributed by atoms with van der Waals surface area (Å²) in [4.78, 5) is 16.7. The third-order valence-corrected chi connectivity index (χ3v) is 4.30. The molecule has 0 atom stereocenters. The number of aromatic hydroxyl groups is 1. The Morgan fingerprint density at radius 3 is 2.89 bits per heavy atom. The number of phenolic OH excluding ortho intramolecular Hbond substituents is 1. The van der Waals surface area contributed by atoms with Gasteiger partial charge in [-0.05, 0) is 35.0 Å². The van der Waals surface area contributed by atoms with Gasteiger partial charge in [0.25, 0.3) is 0 Å². The van der Waals surface area contributed by atoms with Gasteiger partial charge in [0.05, 0.1) is 21.7 Å². The van der Waals surface area contributed by atoms with Gasteiger partial charge in [0.1, 0.15) is 16.5 Å². The van der Waals surface area contributed by atoms with Crippen molar-refractivity contribution >= 4 is 38.2 Å². The Balaban J connectivity index is 2.34. The summed E-state index contributed by atoms with van der Waals surface area (Å²) in [6.45, 7) is 1.88. The summed E-state index contributed by atoms with van der Waals surface area (Å²) in [6.07, 6.45) is 1.38. The largest absolute Gasteiger partial charge is 0.507 e. The molecule has 0 amide bonds. The molecule has 1 aromatic carbocycles. The van der Waals surface area contributed by atoms with Crippen molar-refractivity contribution in [2.24, 2.45) is 0 Å². The fourth-order valence-electron chi connectivity index (χ4n) is 1.82. The Labute approximate surface area is 120 Å². The summed E-state index contributed by atoms with van der Waals surface area (Å²) in [7, 11) is 0. The molecular formula is C13H8BrNO3S. The number of aryl methyl sites for hydroxylation is 1. The number of hydrogen-bond donors (Lipinski definition) is 1. The first-order chi connectivity index (χ1) is 9.08. The number of nitrogens with zero attached hydrogens (tertiary/aromatic N) is 1. The summed E-state index contributed by atoms with van der Waals surface area (Å²) in [6, 6.07) is 3.00. The number of rotatable bonds is 1. The van der Waals surface area contributed by atoms with Crippen molar-refractivity contribution in [1.82, 2.24) is 4.98 Å². The molecule has 4 nitrogen and oxygen atoms in total. The summed E-state index contributed by atoms with van der Waals surface area (Å²) < 4.78 is 5.83. The van der Waals surface area contributed by atoms with E-state index in [-0.39, 0.29) is 11.2 Å². The molecule has 6 heteroatoms. The van der Waals surface area contributed by atoms with E-state index in [1.165, 1.54) is 23.7 Å². The first-order valence-electron chi connectivity index (χ1n) is 5.43. The highest BCUT2D eigenvalue weighted by molar-refractivity contribution is 9.10. The smallest absolute Gasteiger partial charge is 0.202 e.